The Morgan fingerprint density at radius 3 is 2.46 bits per heavy atom. The maximum atomic E-state index is 9.52. The molecule has 0 bridgehead atoms. The molecular formula is C10H12N2O. The second-order valence-corrected chi connectivity index (χ2v) is 2.83. The lowest BCUT2D eigenvalue weighted by atomic mass is 10.1. The molecule has 3 nitrogen and oxygen atoms in total. The first-order chi connectivity index (χ1) is 6.27. The second kappa shape index (κ2) is 4.61. The summed E-state index contributed by atoms with van der Waals surface area (Å²) < 4.78 is 0. The molecule has 1 atom stereocenters. The van der Waals surface area contributed by atoms with Crippen LogP contribution in [0, 0.1) is 11.3 Å². The Morgan fingerprint density at radius 1 is 1.38 bits per heavy atom. The molecule has 1 aromatic carbocycles. The van der Waals surface area contributed by atoms with Crippen molar-refractivity contribution in [2.24, 2.45) is 5.73 Å². The molecule has 0 fully saturated rings. The SMILES string of the molecule is N#Cc1ccc([C@H](O)CCN)cc1. The summed E-state index contributed by atoms with van der Waals surface area (Å²) in [5.41, 5.74) is 6.72. The molecular weight excluding hydrogens is 164 g/mol. The van der Waals surface area contributed by atoms with Gasteiger partial charge in [-0.15, -0.1) is 0 Å². The summed E-state index contributed by atoms with van der Waals surface area (Å²) in [4.78, 5) is 0. The summed E-state index contributed by atoms with van der Waals surface area (Å²) in [7, 11) is 0. The number of aliphatic hydroxyl groups excluding tert-OH is 1. The van der Waals surface area contributed by atoms with Gasteiger partial charge in [0, 0.05) is 0 Å². The summed E-state index contributed by atoms with van der Waals surface area (Å²) in [6.45, 7) is 0.459. The first-order valence-electron chi connectivity index (χ1n) is 4.16. The van der Waals surface area contributed by atoms with E-state index < -0.39 is 6.10 Å². The van der Waals surface area contributed by atoms with Crippen LogP contribution in [0.1, 0.15) is 23.7 Å². The molecule has 0 radical (unpaired) electrons. The molecule has 0 aromatic heterocycles. The molecule has 3 heteroatoms. The van der Waals surface area contributed by atoms with Gasteiger partial charge in [-0.05, 0) is 30.7 Å². The molecule has 0 amide bonds. The number of benzene rings is 1. The van der Waals surface area contributed by atoms with Crippen LogP contribution in [0.5, 0.6) is 0 Å². The number of nitriles is 1. The maximum Gasteiger partial charge on any atom is 0.0991 e. The van der Waals surface area contributed by atoms with Gasteiger partial charge in [0.15, 0.2) is 0 Å². The van der Waals surface area contributed by atoms with E-state index in [0.717, 1.165) is 5.56 Å². The monoisotopic (exact) mass is 176 g/mol. The maximum absolute atomic E-state index is 9.52. The molecule has 13 heavy (non-hydrogen) atoms. The zero-order chi connectivity index (χ0) is 9.68. The third-order valence-corrected chi connectivity index (χ3v) is 1.86. The van der Waals surface area contributed by atoms with E-state index in [-0.39, 0.29) is 0 Å². The molecule has 0 heterocycles. The quantitative estimate of drug-likeness (QED) is 0.720. The Bertz CT molecular complexity index is 300. The van der Waals surface area contributed by atoms with Crippen molar-refractivity contribution in [3.05, 3.63) is 35.4 Å². The Balaban J connectivity index is 2.75. The molecule has 1 rings (SSSR count). The summed E-state index contributed by atoms with van der Waals surface area (Å²) in [6, 6.07) is 8.90. The first-order valence-corrected chi connectivity index (χ1v) is 4.16. The van der Waals surface area contributed by atoms with Gasteiger partial charge in [0.05, 0.1) is 17.7 Å². The summed E-state index contributed by atoms with van der Waals surface area (Å²) in [6.07, 6.45) is 0.0315. The van der Waals surface area contributed by atoms with E-state index in [9.17, 15) is 5.11 Å². The summed E-state index contributed by atoms with van der Waals surface area (Å²) in [5, 5.41) is 18.1. The van der Waals surface area contributed by atoms with Crippen LogP contribution >= 0.6 is 0 Å². The summed E-state index contributed by atoms with van der Waals surface area (Å²) in [5.74, 6) is 0. The third kappa shape index (κ3) is 2.55. The topological polar surface area (TPSA) is 70.0 Å². The number of hydrogen-bond donors (Lipinski definition) is 2. The molecule has 3 N–H and O–H groups in total. The zero-order valence-corrected chi connectivity index (χ0v) is 7.27. The normalized spacial score (nSPS) is 12.1. The van der Waals surface area contributed by atoms with Crippen LogP contribution in [0.3, 0.4) is 0 Å². The van der Waals surface area contributed by atoms with Crippen LogP contribution in [0.25, 0.3) is 0 Å². The first kappa shape index (κ1) is 9.72. The van der Waals surface area contributed by atoms with Gasteiger partial charge in [-0.1, -0.05) is 12.1 Å². The minimum atomic E-state index is -0.516. The van der Waals surface area contributed by atoms with Gasteiger partial charge >= 0.3 is 0 Å². The zero-order valence-electron chi connectivity index (χ0n) is 7.27. The molecule has 0 saturated heterocycles. The fourth-order valence-electron chi connectivity index (χ4n) is 1.10. The van der Waals surface area contributed by atoms with Crippen molar-refractivity contribution < 1.29 is 5.11 Å². The van der Waals surface area contributed by atoms with Crippen LogP contribution in [0.15, 0.2) is 24.3 Å². The Hall–Kier alpha value is -1.37. The highest BCUT2D eigenvalue weighted by molar-refractivity contribution is 5.32. The number of nitrogens with zero attached hydrogens (tertiary/aromatic N) is 1. The Labute approximate surface area is 77.4 Å². The van der Waals surface area contributed by atoms with Crippen molar-refractivity contribution in [2.75, 3.05) is 6.54 Å². The van der Waals surface area contributed by atoms with E-state index in [2.05, 4.69) is 0 Å². The molecule has 0 saturated carbocycles. The van der Waals surface area contributed by atoms with Gasteiger partial charge < -0.3 is 10.8 Å². The highest BCUT2D eigenvalue weighted by Gasteiger charge is 2.05. The van der Waals surface area contributed by atoms with E-state index in [1.807, 2.05) is 6.07 Å². The molecule has 68 valence electrons. The largest absolute Gasteiger partial charge is 0.388 e. The molecule has 0 aliphatic heterocycles. The predicted molar refractivity (Wildman–Crippen MR) is 49.8 cm³/mol. The van der Waals surface area contributed by atoms with Crippen LogP contribution in [-0.4, -0.2) is 11.7 Å². The van der Waals surface area contributed by atoms with Gasteiger partial charge in [0.2, 0.25) is 0 Å². The fourth-order valence-corrected chi connectivity index (χ4v) is 1.10. The van der Waals surface area contributed by atoms with E-state index in [1.165, 1.54) is 0 Å². The lowest BCUT2D eigenvalue weighted by molar-refractivity contribution is 0.170. The Morgan fingerprint density at radius 2 is 2.00 bits per heavy atom. The predicted octanol–water partition coefficient (Wildman–Crippen LogP) is 0.940. The lowest BCUT2D eigenvalue weighted by Gasteiger charge is -2.08. The summed E-state index contributed by atoms with van der Waals surface area (Å²) >= 11 is 0. The van der Waals surface area contributed by atoms with E-state index in [4.69, 9.17) is 11.0 Å². The van der Waals surface area contributed by atoms with Crippen molar-refractivity contribution in [2.45, 2.75) is 12.5 Å². The van der Waals surface area contributed by atoms with Crippen molar-refractivity contribution in [1.82, 2.24) is 0 Å². The third-order valence-electron chi connectivity index (χ3n) is 1.86. The van der Waals surface area contributed by atoms with Crippen molar-refractivity contribution in [3.8, 4) is 6.07 Å². The van der Waals surface area contributed by atoms with E-state index in [1.54, 1.807) is 24.3 Å². The molecule has 1 aromatic rings. The van der Waals surface area contributed by atoms with Gasteiger partial charge in [-0.2, -0.15) is 5.26 Å². The highest BCUT2D eigenvalue weighted by atomic mass is 16.3. The minimum absolute atomic E-state index is 0.459. The molecule has 0 aliphatic carbocycles. The highest BCUT2D eigenvalue weighted by Crippen LogP contribution is 2.15. The van der Waals surface area contributed by atoms with Gasteiger partial charge in [-0.3, -0.25) is 0 Å². The van der Waals surface area contributed by atoms with E-state index in [0.29, 0.717) is 18.5 Å². The molecule has 0 unspecified atom stereocenters. The van der Waals surface area contributed by atoms with Crippen molar-refractivity contribution >= 4 is 0 Å². The van der Waals surface area contributed by atoms with Crippen LogP contribution < -0.4 is 5.73 Å². The minimum Gasteiger partial charge on any atom is -0.388 e. The molecule has 0 spiro atoms. The smallest absolute Gasteiger partial charge is 0.0991 e. The Kier molecular flexibility index (Phi) is 3.44. The fraction of sp³-hybridized carbons (Fsp3) is 0.300. The average molecular weight is 176 g/mol. The van der Waals surface area contributed by atoms with Gasteiger partial charge in [0.1, 0.15) is 0 Å². The van der Waals surface area contributed by atoms with Crippen molar-refractivity contribution in [3.63, 3.8) is 0 Å². The van der Waals surface area contributed by atoms with Crippen LogP contribution in [0.4, 0.5) is 0 Å². The van der Waals surface area contributed by atoms with Gasteiger partial charge in [0.25, 0.3) is 0 Å². The number of aliphatic hydroxyl groups is 1. The lowest BCUT2D eigenvalue weighted by Crippen LogP contribution is -2.06. The van der Waals surface area contributed by atoms with Crippen LogP contribution in [-0.2, 0) is 0 Å². The number of nitrogens with two attached hydrogens (primary N) is 1. The van der Waals surface area contributed by atoms with Crippen molar-refractivity contribution in [1.29, 1.82) is 5.26 Å². The average Bonchev–Trinajstić information content (AvgIpc) is 2.18. The second-order valence-electron chi connectivity index (χ2n) is 2.83. The number of hydrogen-bond acceptors (Lipinski definition) is 3. The molecule has 0 aliphatic rings. The number of rotatable bonds is 3. The van der Waals surface area contributed by atoms with Crippen LogP contribution in [0.2, 0.25) is 0 Å². The van der Waals surface area contributed by atoms with Gasteiger partial charge in [-0.25, -0.2) is 0 Å². The standard InChI is InChI=1S/C10H12N2O/c11-6-5-10(13)9-3-1-8(7-12)2-4-9/h1-4,10,13H,5-6,11H2/t10-/m1/s1. The van der Waals surface area contributed by atoms with E-state index >= 15 is 0 Å².